The zero-order valence-electron chi connectivity index (χ0n) is 19.8. The van der Waals surface area contributed by atoms with Gasteiger partial charge >= 0.3 is 0 Å². The molecule has 3 rings (SSSR count). The molecular formula is C27H44O3. The largest absolute Gasteiger partial charge is 0.393 e. The Labute approximate surface area is 184 Å². The number of hydrogen-bond donors (Lipinski definition) is 3. The third-order valence-corrected chi connectivity index (χ3v) is 8.56. The van der Waals surface area contributed by atoms with Gasteiger partial charge in [0, 0.05) is 5.92 Å². The van der Waals surface area contributed by atoms with Crippen LogP contribution < -0.4 is 0 Å². The first kappa shape index (κ1) is 23.8. The van der Waals surface area contributed by atoms with E-state index >= 15 is 0 Å². The highest BCUT2D eigenvalue weighted by Gasteiger charge is 2.50. The van der Waals surface area contributed by atoms with Crippen molar-refractivity contribution in [2.45, 2.75) is 104 Å². The van der Waals surface area contributed by atoms with Crippen LogP contribution in [-0.4, -0.2) is 33.1 Å². The standard InChI is InChI=1S/C27H44O3/c1-18(8-9-19(2)26(3,4)30)24-12-13-25-21(7-6-14-27(24,25)5)11-10-20-15-22(28)17-23(29)16-20/h8-11,18-19,22-25,28-30H,6-7,12-17H2,1-5H3/b9-8+,20-10?,21-11+/t18-,19?,22-,23+,24?,25+,27-/m1/s1. The van der Waals surface area contributed by atoms with Crippen molar-refractivity contribution in [2.24, 2.45) is 29.1 Å². The average molecular weight is 417 g/mol. The number of allylic oxidation sites excluding steroid dienone is 4. The van der Waals surface area contributed by atoms with E-state index < -0.39 is 17.8 Å². The molecule has 0 aromatic carbocycles. The summed E-state index contributed by atoms with van der Waals surface area (Å²) in [6, 6.07) is 0. The van der Waals surface area contributed by atoms with Crippen LogP contribution >= 0.6 is 0 Å². The molecule has 0 saturated heterocycles. The molecule has 3 aliphatic rings. The summed E-state index contributed by atoms with van der Waals surface area (Å²) in [4.78, 5) is 0. The molecule has 0 radical (unpaired) electrons. The second-order valence-electron chi connectivity index (χ2n) is 11.3. The van der Waals surface area contributed by atoms with Crippen molar-refractivity contribution in [1.82, 2.24) is 0 Å². The second-order valence-corrected chi connectivity index (χ2v) is 11.3. The van der Waals surface area contributed by atoms with Crippen molar-refractivity contribution in [3.05, 3.63) is 35.5 Å². The van der Waals surface area contributed by atoms with Crippen molar-refractivity contribution in [3.63, 3.8) is 0 Å². The molecule has 30 heavy (non-hydrogen) atoms. The van der Waals surface area contributed by atoms with Crippen LogP contribution in [0.1, 0.15) is 86.0 Å². The van der Waals surface area contributed by atoms with Crippen molar-refractivity contribution in [1.29, 1.82) is 0 Å². The number of aliphatic hydroxyl groups excluding tert-OH is 2. The first-order valence-electron chi connectivity index (χ1n) is 12.2. The summed E-state index contributed by atoms with van der Waals surface area (Å²) < 4.78 is 0. The Morgan fingerprint density at radius 2 is 1.70 bits per heavy atom. The first-order valence-corrected chi connectivity index (χ1v) is 12.2. The predicted molar refractivity (Wildman–Crippen MR) is 124 cm³/mol. The Morgan fingerprint density at radius 1 is 1.03 bits per heavy atom. The van der Waals surface area contributed by atoms with Crippen LogP contribution in [0.25, 0.3) is 0 Å². The van der Waals surface area contributed by atoms with E-state index in [-0.39, 0.29) is 5.92 Å². The molecular weight excluding hydrogens is 372 g/mol. The molecule has 3 nitrogen and oxygen atoms in total. The lowest BCUT2D eigenvalue weighted by molar-refractivity contribution is 0.0436. The summed E-state index contributed by atoms with van der Waals surface area (Å²) in [6.45, 7) is 10.7. The maximum atomic E-state index is 10.2. The van der Waals surface area contributed by atoms with Crippen LogP contribution in [0.15, 0.2) is 35.5 Å². The SMILES string of the molecule is CC(/C=C/[C@@H](C)C1CC[C@H]2/C(=C/C=C3C[C@@H](O)C[C@@H](O)C3)CCC[C@]12C)C(C)(C)O. The van der Waals surface area contributed by atoms with Crippen LogP contribution in [0.4, 0.5) is 0 Å². The molecule has 0 spiro atoms. The Kier molecular flexibility index (Phi) is 7.37. The minimum Gasteiger partial charge on any atom is -0.393 e. The molecule has 0 bridgehead atoms. The van der Waals surface area contributed by atoms with Gasteiger partial charge in [0.15, 0.2) is 0 Å². The maximum absolute atomic E-state index is 10.2. The Morgan fingerprint density at radius 3 is 2.33 bits per heavy atom. The summed E-state index contributed by atoms with van der Waals surface area (Å²) in [5, 5.41) is 30.2. The smallest absolute Gasteiger partial charge is 0.0651 e. The number of rotatable bonds is 5. The topological polar surface area (TPSA) is 60.7 Å². The van der Waals surface area contributed by atoms with Crippen LogP contribution in [0.2, 0.25) is 0 Å². The normalized spacial score (nSPS) is 40.1. The van der Waals surface area contributed by atoms with Gasteiger partial charge in [0.25, 0.3) is 0 Å². The summed E-state index contributed by atoms with van der Waals surface area (Å²) in [6.07, 6.45) is 16.5. The van der Waals surface area contributed by atoms with Crippen molar-refractivity contribution < 1.29 is 15.3 Å². The van der Waals surface area contributed by atoms with Crippen LogP contribution in [0.5, 0.6) is 0 Å². The van der Waals surface area contributed by atoms with Crippen LogP contribution in [0, 0.1) is 29.1 Å². The minimum atomic E-state index is -0.674. The van der Waals surface area contributed by atoms with Crippen LogP contribution in [-0.2, 0) is 0 Å². The lowest BCUT2D eigenvalue weighted by Gasteiger charge is -2.44. The van der Waals surface area contributed by atoms with Gasteiger partial charge in [-0.25, -0.2) is 0 Å². The minimum absolute atomic E-state index is 0.152. The van der Waals surface area contributed by atoms with Gasteiger partial charge in [0.2, 0.25) is 0 Å². The van der Waals surface area contributed by atoms with Gasteiger partial charge in [-0.05, 0) is 88.4 Å². The molecule has 0 aromatic rings. The van der Waals surface area contributed by atoms with Gasteiger partial charge in [0.05, 0.1) is 17.8 Å². The second kappa shape index (κ2) is 9.30. The van der Waals surface area contributed by atoms with Gasteiger partial charge in [-0.3, -0.25) is 0 Å². The molecule has 170 valence electrons. The van der Waals surface area contributed by atoms with Gasteiger partial charge in [-0.2, -0.15) is 0 Å². The van der Waals surface area contributed by atoms with E-state index in [4.69, 9.17) is 0 Å². The molecule has 7 atom stereocenters. The van der Waals surface area contributed by atoms with Gasteiger partial charge < -0.3 is 15.3 Å². The maximum Gasteiger partial charge on any atom is 0.0651 e. The molecule has 2 unspecified atom stereocenters. The van der Waals surface area contributed by atoms with E-state index in [1.807, 2.05) is 13.8 Å². The highest BCUT2D eigenvalue weighted by atomic mass is 16.3. The number of aliphatic hydroxyl groups is 3. The summed E-state index contributed by atoms with van der Waals surface area (Å²) in [7, 11) is 0. The molecule has 3 N–H and O–H groups in total. The van der Waals surface area contributed by atoms with E-state index in [0.717, 1.165) is 0 Å². The summed E-state index contributed by atoms with van der Waals surface area (Å²) >= 11 is 0. The van der Waals surface area contributed by atoms with E-state index in [0.29, 0.717) is 42.4 Å². The predicted octanol–water partition coefficient (Wildman–Crippen LogP) is 5.56. The van der Waals surface area contributed by atoms with E-state index in [1.165, 1.54) is 37.7 Å². The molecule has 0 amide bonds. The molecule has 3 aliphatic carbocycles. The average Bonchev–Trinajstić information content (AvgIpc) is 3.00. The van der Waals surface area contributed by atoms with Gasteiger partial charge in [0.1, 0.15) is 0 Å². The molecule has 3 heteroatoms. The fourth-order valence-electron chi connectivity index (χ4n) is 6.39. The van der Waals surface area contributed by atoms with Crippen molar-refractivity contribution >= 4 is 0 Å². The third-order valence-electron chi connectivity index (χ3n) is 8.56. The molecule has 3 saturated carbocycles. The highest BCUT2D eigenvalue weighted by Crippen LogP contribution is 2.59. The Bertz CT molecular complexity index is 671. The third kappa shape index (κ3) is 5.29. The zero-order chi connectivity index (χ0) is 22.1. The monoisotopic (exact) mass is 416 g/mol. The zero-order valence-corrected chi connectivity index (χ0v) is 19.8. The summed E-state index contributed by atoms with van der Waals surface area (Å²) in [5.74, 6) is 2.00. The molecule has 0 heterocycles. The van der Waals surface area contributed by atoms with Gasteiger partial charge in [-0.15, -0.1) is 0 Å². The van der Waals surface area contributed by atoms with E-state index in [9.17, 15) is 15.3 Å². The fourth-order valence-corrected chi connectivity index (χ4v) is 6.39. The molecule has 0 aromatic heterocycles. The van der Waals surface area contributed by atoms with Crippen LogP contribution in [0.3, 0.4) is 0 Å². The quantitative estimate of drug-likeness (QED) is 0.514. The first-order chi connectivity index (χ1) is 14.0. The molecule has 3 fully saturated rings. The number of fused-ring (bicyclic) bond motifs is 1. The van der Waals surface area contributed by atoms with E-state index in [2.05, 4.69) is 45.1 Å². The van der Waals surface area contributed by atoms with Gasteiger partial charge in [-0.1, -0.05) is 56.2 Å². The lowest BCUT2D eigenvalue weighted by Crippen LogP contribution is -2.35. The van der Waals surface area contributed by atoms with E-state index in [1.54, 1.807) is 5.57 Å². The summed E-state index contributed by atoms with van der Waals surface area (Å²) in [5.41, 5.74) is 2.43. The Hall–Kier alpha value is -0.900. The van der Waals surface area contributed by atoms with Crippen molar-refractivity contribution in [3.8, 4) is 0 Å². The highest BCUT2D eigenvalue weighted by molar-refractivity contribution is 5.26. The number of hydrogen-bond acceptors (Lipinski definition) is 3. The lowest BCUT2D eigenvalue weighted by atomic mass is 9.61. The van der Waals surface area contributed by atoms with Crippen molar-refractivity contribution in [2.75, 3.05) is 0 Å². The molecule has 0 aliphatic heterocycles. The Balaban J connectivity index is 1.73. The fraction of sp³-hybridized carbons (Fsp3) is 0.778.